The Morgan fingerprint density at radius 1 is 1.42 bits per heavy atom. The van der Waals surface area contributed by atoms with E-state index in [-0.39, 0.29) is 6.10 Å². The van der Waals surface area contributed by atoms with E-state index < -0.39 is 0 Å². The van der Waals surface area contributed by atoms with Crippen molar-refractivity contribution in [2.75, 3.05) is 25.1 Å². The van der Waals surface area contributed by atoms with Crippen LogP contribution in [0.1, 0.15) is 33.1 Å². The Kier molecular flexibility index (Phi) is 5.45. The maximum Gasteiger partial charge on any atom is 0.168 e. The molecule has 0 aromatic carbocycles. The van der Waals surface area contributed by atoms with E-state index in [0.29, 0.717) is 0 Å². The molecule has 106 valence electrons. The second kappa shape index (κ2) is 7.34. The average molecular weight is 264 g/mol. The third-order valence-electron chi connectivity index (χ3n) is 2.94. The zero-order chi connectivity index (χ0) is 13.5. The van der Waals surface area contributed by atoms with Crippen LogP contribution in [0.3, 0.4) is 0 Å². The summed E-state index contributed by atoms with van der Waals surface area (Å²) in [4.78, 5) is 4.31. The smallest absolute Gasteiger partial charge is 0.168 e. The number of hydrogen-bond donors (Lipinski definition) is 1. The molecule has 0 unspecified atom stereocenters. The maximum absolute atomic E-state index is 5.71. The number of rotatable bonds is 9. The molecule has 0 spiro atoms. The molecule has 1 saturated carbocycles. The van der Waals surface area contributed by atoms with Crippen LogP contribution in [0.5, 0.6) is 5.75 Å². The summed E-state index contributed by atoms with van der Waals surface area (Å²) in [5.41, 5.74) is 0. The Hall–Kier alpha value is -1.29. The van der Waals surface area contributed by atoms with Crippen LogP contribution in [0.25, 0.3) is 0 Å². The first kappa shape index (κ1) is 14.1. The van der Waals surface area contributed by atoms with Gasteiger partial charge in [0.2, 0.25) is 0 Å². The molecule has 0 amide bonds. The van der Waals surface area contributed by atoms with Crippen molar-refractivity contribution in [1.29, 1.82) is 0 Å². The highest BCUT2D eigenvalue weighted by molar-refractivity contribution is 5.49. The van der Waals surface area contributed by atoms with Crippen LogP contribution in [0, 0.1) is 5.92 Å². The summed E-state index contributed by atoms with van der Waals surface area (Å²) >= 11 is 0. The molecule has 0 aliphatic heterocycles. The van der Waals surface area contributed by atoms with Crippen LogP contribution in [-0.4, -0.2) is 30.8 Å². The summed E-state index contributed by atoms with van der Waals surface area (Å²) in [6.45, 7) is 6.64. The molecule has 19 heavy (non-hydrogen) atoms. The summed E-state index contributed by atoms with van der Waals surface area (Å²) in [7, 11) is 0. The lowest BCUT2D eigenvalue weighted by Gasteiger charge is -2.14. The van der Waals surface area contributed by atoms with Gasteiger partial charge in [-0.3, -0.25) is 0 Å². The predicted octanol–water partition coefficient (Wildman–Crippen LogP) is 3.10. The molecule has 1 aliphatic carbocycles. The van der Waals surface area contributed by atoms with Crippen molar-refractivity contribution in [3.8, 4) is 5.75 Å². The number of ether oxygens (including phenoxy) is 2. The molecule has 1 aromatic rings. The molecule has 2 rings (SSSR count). The van der Waals surface area contributed by atoms with Crippen molar-refractivity contribution in [2.45, 2.75) is 39.2 Å². The van der Waals surface area contributed by atoms with Crippen molar-refractivity contribution in [3.63, 3.8) is 0 Å². The second-order valence-corrected chi connectivity index (χ2v) is 5.32. The van der Waals surface area contributed by atoms with Crippen LogP contribution in [0.2, 0.25) is 0 Å². The zero-order valence-corrected chi connectivity index (χ0v) is 11.9. The lowest BCUT2D eigenvalue weighted by molar-refractivity contribution is 0.124. The van der Waals surface area contributed by atoms with Gasteiger partial charge in [-0.2, -0.15) is 0 Å². The maximum atomic E-state index is 5.71. The lowest BCUT2D eigenvalue weighted by Crippen LogP contribution is -2.11. The first-order valence-electron chi connectivity index (χ1n) is 7.19. The Labute approximate surface area is 115 Å². The van der Waals surface area contributed by atoms with Crippen LogP contribution < -0.4 is 10.1 Å². The van der Waals surface area contributed by atoms with Crippen LogP contribution in [0.15, 0.2) is 18.3 Å². The van der Waals surface area contributed by atoms with Gasteiger partial charge in [0, 0.05) is 26.0 Å². The predicted molar refractivity (Wildman–Crippen MR) is 76.7 cm³/mol. The number of aromatic nitrogens is 1. The second-order valence-electron chi connectivity index (χ2n) is 5.32. The topological polar surface area (TPSA) is 43.4 Å². The summed E-state index contributed by atoms with van der Waals surface area (Å²) < 4.78 is 11.3. The molecule has 0 radical (unpaired) electrons. The highest BCUT2D eigenvalue weighted by atomic mass is 16.5. The Morgan fingerprint density at radius 2 is 2.26 bits per heavy atom. The summed E-state index contributed by atoms with van der Waals surface area (Å²) in [6, 6.07) is 3.83. The van der Waals surface area contributed by atoms with E-state index >= 15 is 0 Å². The number of nitrogens with one attached hydrogen (secondary N) is 1. The fourth-order valence-corrected chi connectivity index (χ4v) is 1.79. The first-order valence-corrected chi connectivity index (χ1v) is 7.19. The van der Waals surface area contributed by atoms with E-state index in [0.717, 1.165) is 43.7 Å². The minimum Gasteiger partial charge on any atom is -0.487 e. The third-order valence-corrected chi connectivity index (χ3v) is 2.94. The molecule has 1 aromatic heterocycles. The molecule has 0 atom stereocenters. The van der Waals surface area contributed by atoms with E-state index in [1.807, 2.05) is 26.0 Å². The van der Waals surface area contributed by atoms with Crippen molar-refractivity contribution in [1.82, 2.24) is 4.98 Å². The van der Waals surface area contributed by atoms with Gasteiger partial charge in [-0.1, -0.05) is 0 Å². The first-order chi connectivity index (χ1) is 9.25. The third kappa shape index (κ3) is 5.47. The van der Waals surface area contributed by atoms with Gasteiger partial charge in [-0.05, 0) is 51.2 Å². The Balaban J connectivity index is 1.66. The standard InChI is InChI=1S/C15H24N2O2/c1-12(2)19-14-5-3-8-16-15(14)17-9-4-10-18-11-13-6-7-13/h3,5,8,12-13H,4,6-7,9-11H2,1-2H3,(H,16,17). The van der Waals surface area contributed by atoms with Crippen molar-refractivity contribution in [3.05, 3.63) is 18.3 Å². The van der Waals surface area contributed by atoms with E-state index in [9.17, 15) is 0 Å². The van der Waals surface area contributed by atoms with Gasteiger partial charge in [-0.15, -0.1) is 0 Å². The quantitative estimate of drug-likeness (QED) is 0.696. The van der Waals surface area contributed by atoms with Crippen LogP contribution >= 0.6 is 0 Å². The fourth-order valence-electron chi connectivity index (χ4n) is 1.79. The van der Waals surface area contributed by atoms with Crippen molar-refractivity contribution >= 4 is 5.82 Å². The van der Waals surface area contributed by atoms with Gasteiger partial charge in [-0.25, -0.2) is 4.98 Å². The van der Waals surface area contributed by atoms with Gasteiger partial charge < -0.3 is 14.8 Å². The lowest BCUT2D eigenvalue weighted by atomic mass is 10.3. The molecular weight excluding hydrogens is 240 g/mol. The zero-order valence-electron chi connectivity index (χ0n) is 11.9. The van der Waals surface area contributed by atoms with E-state index in [1.54, 1.807) is 6.20 Å². The highest BCUT2D eigenvalue weighted by Crippen LogP contribution is 2.28. The molecule has 1 aliphatic rings. The molecule has 1 fully saturated rings. The SMILES string of the molecule is CC(C)Oc1cccnc1NCCCOCC1CC1. The number of nitrogens with zero attached hydrogens (tertiary/aromatic N) is 1. The van der Waals surface area contributed by atoms with Crippen molar-refractivity contribution in [2.24, 2.45) is 5.92 Å². The largest absolute Gasteiger partial charge is 0.487 e. The van der Waals surface area contributed by atoms with Gasteiger partial charge in [0.05, 0.1) is 6.10 Å². The van der Waals surface area contributed by atoms with Gasteiger partial charge >= 0.3 is 0 Å². The molecule has 1 N–H and O–H groups in total. The molecule has 4 nitrogen and oxygen atoms in total. The summed E-state index contributed by atoms with van der Waals surface area (Å²) in [6.07, 6.45) is 5.62. The monoisotopic (exact) mass is 264 g/mol. The normalized spacial score (nSPS) is 14.7. The highest BCUT2D eigenvalue weighted by Gasteiger charge is 2.20. The number of anilines is 1. The summed E-state index contributed by atoms with van der Waals surface area (Å²) in [5.74, 6) is 2.48. The average Bonchev–Trinajstić information content (AvgIpc) is 3.19. The van der Waals surface area contributed by atoms with E-state index in [1.165, 1.54) is 12.8 Å². The Bertz CT molecular complexity index is 378. The summed E-state index contributed by atoms with van der Waals surface area (Å²) in [5, 5.41) is 3.31. The number of pyridine rings is 1. The minimum absolute atomic E-state index is 0.159. The van der Waals surface area contributed by atoms with Crippen molar-refractivity contribution < 1.29 is 9.47 Å². The van der Waals surface area contributed by atoms with Crippen LogP contribution in [0.4, 0.5) is 5.82 Å². The molecule has 0 saturated heterocycles. The molecule has 0 bridgehead atoms. The Morgan fingerprint density at radius 3 is 3.00 bits per heavy atom. The fraction of sp³-hybridized carbons (Fsp3) is 0.667. The molecular formula is C15H24N2O2. The van der Waals surface area contributed by atoms with Gasteiger partial charge in [0.25, 0.3) is 0 Å². The van der Waals surface area contributed by atoms with Crippen LogP contribution in [-0.2, 0) is 4.74 Å². The van der Waals surface area contributed by atoms with Gasteiger partial charge in [0.15, 0.2) is 11.6 Å². The van der Waals surface area contributed by atoms with Gasteiger partial charge in [0.1, 0.15) is 0 Å². The van der Waals surface area contributed by atoms with E-state index in [2.05, 4.69) is 10.3 Å². The number of hydrogen-bond acceptors (Lipinski definition) is 4. The molecule has 4 heteroatoms. The van der Waals surface area contributed by atoms with E-state index in [4.69, 9.17) is 9.47 Å². The minimum atomic E-state index is 0.159. The molecule has 1 heterocycles.